The van der Waals surface area contributed by atoms with Crippen molar-refractivity contribution in [1.29, 1.82) is 5.26 Å². The Morgan fingerprint density at radius 2 is 1.86 bits per heavy atom. The standard InChI is InChI=1S/C18H25N2O2/c1-18(2)12-13-10-16(21-4)17(22-5)11-14(13)15(20(18)3)8-6-7-9-19/h10-11H,6-8,12H2,1-5H3/q+1. The van der Waals surface area contributed by atoms with Crippen molar-refractivity contribution >= 4 is 5.71 Å². The highest BCUT2D eigenvalue weighted by Gasteiger charge is 2.38. The first-order chi connectivity index (χ1) is 10.4. The fourth-order valence-corrected chi connectivity index (χ4v) is 3.10. The smallest absolute Gasteiger partial charge is 0.183 e. The largest absolute Gasteiger partial charge is 0.493 e. The van der Waals surface area contributed by atoms with Crippen molar-refractivity contribution in [3.63, 3.8) is 0 Å². The molecule has 0 N–H and O–H groups in total. The molecule has 0 amide bonds. The molecule has 0 fully saturated rings. The Kier molecular flexibility index (Phi) is 4.75. The van der Waals surface area contributed by atoms with Crippen molar-refractivity contribution in [1.82, 2.24) is 0 Å². The van der Waals surface area contributed by atoms with Crippen LogP contribution in [0.15, 0.2) is 12.1 Å². The minimum Gasteiger partial charge on any atom is -0.493 e. The molecule has 1 aromatic rings. The third-order valence-electron chi connectivity index (χ3n) is 4.56. The molecule has 0 saturated carbocycles. The van der Waals surface area contributed by atoms with Crippen LogP contribution in [-0.2, 0) is 6.42 Å². The van der Waals surface area contributed by atoms with Crippen molar-refractivity contribution in [3.8, 4) is 17.6 Å². The van der Waals surface area contributed by atoms with Gasteiger partial charge in [0, 0.05) is 38.7 Å². The van der Waals surface area contributed by atoms with Crippen molar-refractivity contribution < 1.29 is 14.0 Å². The maximum atomic E-state index is 8.80. The lowest BCUT2D eigenvalue weighted by atomic mass is 9.84. The van der Waals surface area contributed by atoms with E-state index >= 15 is 0 Å². The average Bonchev–Trinajstić information content (AvgIpc) is 2.49. The van der Waals surface area contributed by atoms with Gasteiger partial charge in [0.2, 0.25) is 0 Å². The van der Waals surface area contributed by atoms with Crippen LogP contribution in [0.2, 0.25) is 0 Å². The van der Waals surface area contributed by atoms with Crippen molar-refractivity contribution in [2.24, 2.45) is 0 Å². The Morgan fingerprint density at radius 3 is 2.45 bits per heavy atom. The summed E-state index contributed by atoms with van der Waals surface area (Å²) in [6, 6.07) is 6.39. The van der Waals surface area contributed by atoms with Crippen LogP contribution < -0.4 is 9.47 Å². The number of nitrogens with zero attached hydrogens (tertiary/aromatic N) is 2. The normalized spacial score (nSPS) is 16.0. The molecule has 22 heavy (non-hydrogen) atoms. The summed E-state index contributed by atoms with van der Waals surface area (Å²) < 4.78 is 13.2. The van der Waals surface area contributed by atoms with Gasteiger partial charge in [0.05, 0.1) is 20.3 Å². The number of likely N-dealkylation sites (N-methyl/N-ethyl adjacent to an activating group) is 1. The Hall–Kier alpha value is -2.02. The zero-order valence-corrected chi connectivity index (χ0v) is 14.2. The van der Waals surface area contributed by atoms with Gasteiger partial charge in [-0.15, -0.1) is 0 Å². The molecule has 1 aliphatic heterocycles. The van der Waals surface area contributed by atoms with Gasteiger partial charge < -0.3 is 9.47 Å². The molecule has 2 rings (SSSR count). The predicted octanol–water partition coefficient (Wildman–Crippen LogP) is 3.16. The van der Waals surface area contributed by atoms with Gasteiger partial charge in [-0.2, -0.15) is 5.26 Å². The molecule has 0 aromatic heterocycles. The second kappa shape index (κ2) is 6.39. The van der Waals surface area contributed by atoms with Crippen LogP contribution >= 0.6 is 0 Å². The van der Waals surface area contributed by atoms with E-state index in [0.717, 1.165) is 30.8 Å². The first kappa shape index (κ1) is 16.4. The lowest BCUT2D eigenvalue weighted by Crippen LogP contribution is -2.44. The fourth-order valence-electron chi connectivity index (χ4n) is 3.10. The molecule has 1 aromatic carbocycles. The molecule has 0 unspecified atom stereocenters. The molecule has 0 aliphatic carbocycles. The van der Waals surface area contributed by atoms with Crippen LogP contribution in [0.5, 0.6) is 11.5 Å². The van der Waals surface area contributed by atoms with E-state index in [0.29, 0.717) is 6.42 Å². The van der Waals surface area contributed by atoms with E-state index < -0.39 is 0 Å². The number of hydrogen-bond donors (Lipinski definition) is 0. The summed E-state index contributed by atoms with van der Waals surface area (Å²) >= 11 is 0. The maximum Gasteiger partial charge on any atom is 0.183 e. The summed E-state index contributed by atoms with van der Waals surface area (Å²) in [7, 11) is 5.47. The van der Waals surface area contributed by atoms with Crippen molar-refractivity contribution in [3.05, 3.63) is 23.3 Å². The Balaban J connectivity index is 2.53. The molecule has 0 bridgehead atoms. The van der Waals surface area contributed by atoms with Crippen LogP contribution in [-0.4, -0.2) is 37.1 Å². The van der Waals surface area contributed by atoms with E-state index in [-0.39, 0.29) is 5.54 Å². The molecule has 0 atom stereocenters. The summed E-state index contributed by atoms with van der Waals surface area (Å²) in [4.78, 5) is 0. The van der Waals surface area contributed by atoms with E-state index in [2.05, 4.69) is 43.7 Å². The number of benzene rings is 1. The van der Waals surface area contributed by atoms with Gasteiger partial charge >= 0.3 is 0 Å². The van der Waals surface area contributed by atoms with Crippen LogP contribution in [0.1, 0.15) is 44.2 Å². The fraction of sp³-hybridized carbons (Fsp3) is 0.556. The Labute approximate surface area is 133 Å². The Morgan fingerprint density at radius 1 is 1.23 bits per heavy atom. The van der Waals surface area contributed by atoms with Crippen molar-refractivity contribution in [2.45, 2.75) is 45.1 Å². The highest BCUT2D eigenvalue weighted by atomic mass is 16.5. The number of ether oxygens (including phenoxy) is 2. The monoisotopic (exact) mass is 301 g/mol. The molecule has 4 heteroatoms. The van der Waals surface area contributed by atoms with Gasteiger partial charge in [-0.05, 0) is 24.1 Å². The summed E-state index contributed by atoms with van der Waals surface area (Å²) in [6.07, 6.45) is 3.32. The number of nitriles is 1. The molecule has 0 saturated heterocycles. The quantitative estimate of drug-likeness (QED) is 0.620. The molecule has 0 radical (unpaired) electrons. The van der Waals surface area contributed by atoms with Crippen LogP contribution in [0.3, 0.4) is 0 Å². The van der Waals surface area contributed by atoms with E-state index in [1.54, 1.807) is 14.2 Å². The summed E-state index contributed by atoms with van der Waals surface area (Å²) in [6.45, 7) is 4.49. The number of fused-ring (bicyclic) bond motifs is 1. The molecule has 1 heterocycles. The van der Waals surface area contributed by atoms with Crippen molar-refractivity contribution in [2.75, 3.05) is 21.3 Å². The number of methoxy groups -OCH3 is 2. The number of rotatable bonds is 5. The van der Waals surface area contributed by atoms with E-state index in [9.17, 15) is 0 Å². The minimum absolute atomic E-state index is 0.0502. The van der Waals surface area contributed by atoms with Crippen LogP contribution in [0.4, 0.5) is 0 Å². The number of hydrogen-bond acceptors (Lipinski definition) is 3. The van der Waals surface area contributed by atoms with Gasteiger partial charge in [0.25, 0.3) is 0 Å². The second-order valence-electron chi connectivity index (χ2n) is 6.37. The maximum absolute atomic E-state index is 8.80. The third kappa shape index (κ3) is 2.94. The van der Waals surface area contributed by atoms with E-state index in [1.807, 2.05) is 0 Å². The van der Waals surface area contributed by atoms with Gasteiger partial charge in [-0.25, -0.2) is 4.58 Å². The van der Waals surface area contributed by atoms with E-state index in [1.165, 1.54) is 16.8 Å². The van der Waals surface area contributed by atoms with Gasteiger partial charge in [0.15, 0.2) is 22.7 Å². The lowest BCUT2D eigenvalue weighted by molar-refractivity contribution is -0.577. The Bertz CT molecular complexity index is 639. The zero-order valence-electron chi connectivity index (χ0n) is 14.2. The highest BCUT2D eigenvalue weighted by molar-refractivity contribution is 5.99. The molecule has 4 nitrogen and oxygen atoms in total. The topological polar surface area (TPSA) is 45.3 Å². The lowest BCUT2D eigenvalue weighted by Gasteiger charge is -2.30. The second-order valence-corrected chi connectivity index (χ2v) is 6.37. The van der Waals surface area contributed by atoms with Crippen LogP contribution in [0.25, 0.3) is 0 Å². The van der Waals surface area contributed by atoms with E-state index in [4.69, 9.17) is 14.7 Å². The molecule has 118 valence electrons. The van der Waals surface area contributed by atoms with Gasteiger partial charge in [-0.3, -0.25) is 0 Å². The SMILES string of the molecule is COc1cc2c(cc1OC)C(CCCC#N)=[N+](C)C(C)(C)C2. The number of unbranched alkanes of at least 4 members (excludes halogenated alkanes) is 1. The molecular formula is C18H25N2O2+. The van der Waals surface area contributed by atoms with Gasteiger partial charge in [-0.1, -0.05) is 0 Å². The first-order valence-corrected chi connectivity index (χ1v) is 7.66. The first-order valence-electron chi connectivity index (χ1n) is 7.66. The third-order valence-corrected chi connectivity index (χ3v) is 4.56. The molecule has 0 spiro atoms. The van der Waals surface area contributed by atoms with Crippen LogP contribution in [0, 0.1) is 11.3 Å². The summed E-state index contributed by atoms with van der Waals surface area (Å²) in [5.74, 6) is 1.53. The van der Waals surface area contributed by atoms with Gasteiger partial charge in [0.1, 0.15) is 7.05 Å². The average molecular weight is 301 g/mol. The zero-order chi connectivity index (χ0) is 16.3. The molecular weight excluding hydrogens is 276 g/mol. The molecule has 1 aliphatic rings. The predicted molar refractivity (Wildman–Crippen MR) is 87.1 cm³/mol. The summed E-state index contributed by atoms with van der Waals surface area (Å²) in [5, 5.41) is 8.80. The highest BCUT2D eigenvalue weighted by Crippen LogP contribution is 2.36. The minimum atomic E-state index is 0.0502. The summed E-state index contributed by atoms with van der Waals surface area (Å²) in [5.41, 5.74) is 3.83.